The highest BCUT2D eigenvalue weighted by molar-refractivity contribution is 5.81. The second-order valence-electron chi connectivity index (χ2n) is 5.41. The van der Waals surface area contributed by atoms with Crippen molar-refractivity contribution in [3.8, 4) is 0 Å². The van der Waals surface area contributed by atoms with E-state index in [9.17, 15) is 4.79 Å². The Kier molecular flexibility index (Phi) is 3.37. The van der Waals surface area contributed by atoms with Crippen molar-refractivity contribution in [3.05, 3.63) is 18.1 Å². The summed E-state index contributed by atoms with van der Waals surface area (Å²) in [6, 6.07) is 1.83. The number of carbonyl (C=O) groups is 1. The van der Waals surface area contributed by atoms with Gasteiger partial charge in [0.1, 0.15) is 12.1 Å². The van der Waals surface area contributed by atoms with Crippen LogP contribution in [0.15, 0.2) is 12.4 Å². The van der Waals surface area contributed by atoms with Gasteiger partial charge in [-0.15, -0.1) is 0 Å². The molecule has 2 aromatic rings. The van der Waals surface area contributed by atoms with E-state index in [4.69, 9.17) is 0 Å². The van der Waals surface area contributed by atoms with E-state index in [1.807, 2.05) is 33.8 Å². The molecule has 7 nitrogen and oxygen atoms in total. The SMILES string of the molecule is Cc1cc(NCC(=O)NC(C)(C)C)n2ncnc2n1. The van der Waals surface area contributed by atoms with Crippen LogP contribution in [0.3, 0.4) is 0 Å². The quantitative estimate of drug-likeness (QED) is 0.853. The monoisotopic (exact) mass is 262 g/mol. The first-order chi connectivity index (χ1) is 8.85. The highest BCUT2D eigenvalue weighted by Gasteiger charge is 2.14. The standard InChI is InChI=1S/C12H18N6O/c1-8-5-9(18-11(16-8)14-7-15-18)13-6-10(19)17-12(2,3)4/h5,7,13H,6H2,1-4H3,(H,17,19). The third-order valence-corrected chi connectivity index (χ3v) is 2.32. The summed E-state index contributed by atoms with van der Waals surface area (Å²) in [4.78, 5) is 20.0. The smallest absolute Gasteiger partial charge is 0.254 e. The minimum absolute atomic E-state index is 0.0739. The van der Waals surface area contributed by atoms with Crippen molar-refractivity contribution in [1.82, 2.24) is 24.9 Å². The summed E-state index contributed by atoms with van der Waals surface area (Å²) in [5.41, 5.74) is 0.578. The highest BCUT2D eigenvalue weighted by Crippen LogP contribution is 2.09. The number of anilines is 1. The molecule has 0 fully saturated rings. The zero-order valence-corrected chi connectivity index (χ0v) is 11.6. The van der Waals surface area contributed by atoms with Gasteiger partial charge in [0.05, 0.1) is 6.54 Å². The van der Waals surface area contributed by atoms with Gasteiger partial charge < -0.3 is 10.6 Å². The Morgan fingerprint density at radius 3 is 2.84 bits per heavy atom. The average Bonchev–Trinajstić information content (AvgIpc) is 2.71. The fraction of sp³-hybridized carbons (Fsp3) is 0.500. The molecule has 0 saturated heterocycles. The number of aromatic nitrogens is 4. The van der Waals surface area contributed by atoms with E-state index in [0.717, 1.165) is 5.69 Å². The van der Waals surface area contributed by atoms with Crippen LogP contribution < -0.4 is 10.6 Å². The maximum atomic E-state index is 11.8. The van der Waals surface area contributed by atoms with Gasteiger partial charge in [-0.25, -0.2) is 4.98 Å². The molecule has 2 rings (SSSR count). The minimum Gasteiger partial charge on any atom is -0.361 e. The van der Waals surface area contributed by atoms with Crippen LogP contribution in [0.25, 0.3) is 5.78 Å². The third kappa shape index (κ3) is 3.40. The summed E-state index contributed by atoms with van der Waals surface area (Å²) in [5.74, 6) is 1.14. The van der Waals surface area contributed by atoms with Gasteiger partial charge in [0.25, 0.3) is 5.78 Å². The van der Waals surface area contributed by atoms with E-state index < -0.39 is 0 Å². The maximum absolute atomic E-state index is 11.8. The Morgan fingerprint density at radius 1 is 1.42 bits per heavy atom. The van der Waals surface area contributed by atoms with Gasteiger partial charge in [-0.2, -0.15) is 14.6 Å². The van der Waals surface area contributed by atoms with Crippen LogP contribution in [0.4, 0.5) is 5.82 Å². The fourth-order valence-corrected chi connectivity index (χ4v) is 1.69. The van der Waals surface area contributed by atoms with Crippen molar-refractivity contribution in [2.24, 2.45) is 0 Å². The van der Waals surface area contributed by atoms with Gasteiger partial charge in [0.2, 0.25) is 5.91 Å². The van der Waals surface area contributed by atoms with E-state index >= 15 is 0 Å². The number of nitrogens with one attached hydrogen (secondary N) is 2. The number of fused-ring (bicyclic) bond motifs is 1. The number of rotatable bonds is 3. The fourth-order valence-electron chi connectivity index (χ4n) is 1.69. The van der Waals surface area contributed by atoms with Crippen LogP contribution in [0.2, 0.25) is 0 Å². The van der Waals surface area contributed by atoms with E-state index in [1.165, 1.54) is 6.33 Å². The van der Waals surface area contributed by atoms with Gasteiger partial charge >= 0.3 is 0 Å². The summed E-state index contributed by atoms with van der Waals surface area (Å²) in [6.07, 6.45) is 1.43. The Labute approximate surface area is 111 Å². The van der Waals surface area contributed by atoms with Gasteiger partial charge in [-0.1, -0.05) is 0 Å². The molecule has 1 amide bonds. The normalized spacial score (nSPS) is 11.6. The van der Waals surface area contributed by atoms with Crippen LogP contribution in [-0.4, -0.2) is 37.6 Å². The van der Waals surface area contributed by atoms with Crippen LogP contribution in [-0.2, 0) is 4.79 Å². The zero-order valence-electron chi connectivity index (χ0n) is 11.6. The topological polar surface area (TPSA) is 84.2 Å². The van der Waals surface area contributed by atoms with E-state index in [2.05, 4.69) is 25.7 Å². The van der Waals surface area contributed by atoms with Crippen LogP contribution in [0.1, 0.15) is 26.5 Å². The number of aryl methyl sites for hydroxylation is 1. The van der Waals surface area contributed by atoms with Crippen LogP contribution >= 0.6 is 0 Å². The highest BCUT2D eigenvalue weighted by atomic mass is 16.2. The maximum Gasteiger partial charge on any atom is 0.254 e. The molecule has 2 aromatic heterocycles. The lowest BCUT2D eigenvalue weighted by Crippen LogP contribution is -2.43. The van der Waals surface area contributed by atoms with E-state index in [-0.39, 0.29) is 18.0 Å². The number of hydrogen-bond acceptors (Lipinski definition) is 5. The summed E-state index contributed by atoms with van der Waals surface area (Å²) in [7, 11) is 0. The lowest BCUT2D eigenvalue weighted by atomic mass is 10.1. The van der Waals surface area contributed by atoms with Crippen molar-refractivity contribution < 1.29 is 4.79 Å². The van der Waals surface area contributed by atoms with Gasteiger partial charge in [-0.3, -0.25) is 4.79 Å². The molecule has 0 aliphatic rings. The lowest BCUT2D eigenvalue weighted by molar-refractivity contribution is -0.120. The minimum atomic E-state index is -0.241. The molecule has 0 aliphatic heterocycles. The number of nitrogens with zero attached hydrogens (tertiary/aromatic N) is 4. The molecule has 0 unspecified atom stereocenters. The van der Waals surface area contributed by atoms with Gasteiger partial charge in [0, 0.05) is 17.3 Å². The molecule has 0 bridgehead atoms. The molecule has 19 heavy (non-hydrogen) atoms. The second-order valence-corrected chi connectivity index (χ2v) is 5.41. The van der Waals surface area contributed by atoms with Crippen molar-refractivity contribution in [1.29, 1.82) is 0 Å². The lowest BCUT2D eigenvalue weighted by Gasteiger charge is -2.20. The first-order valence-electron chi connectivity index (χ1n) is 6.07. The van der Waals surface area contributed by atoms with Crippen molar-refractivity contribution in [3.63, 3.8) is 0 Å². The molecule has 0 saturated carbocycles. The average molecular weight is 262 g/mol. The second kappa shape index (κ2) is 4.83. The Hall–Kier alpha value is -2.18. The molecule has 0 spiro atoms. The van der Waals surface area contributed by atoms with Gasteiger partial charge in [0.15, 0.2) is 0 Å². The Balaban J connectivity index is 2.09. The van der Waals surface area contributed by atoms with Gasteiger partial charge in [-0.05, 0) is 27.7 Å². The van der Waals surface area contributed by atoms with Crippen LogP contribution in [0.5, 0.6) is 0 Å². The van der Waals surface area contributed by atoms with Crippen molar-refractivity contribution in [2.75, 3.05) is 11.9 Å². The Morgan fingerprint density at radius 2 is 2.16 bits per heavy atom. The van der Waals surface area contributed by atoms with Crippen LogP contribution in [0, 0.1) is 6.92 Å². The predicted octanol–water partition coefficient (Wildman–Crippen LogP) is 0.759. The summed E-state index contributed by atoms with van der Waals surface area (Å²) < 4.78 is 1.57. The summed E-state index contributed by atoms with van der Waals surface area (Å²) >= 11 is 0. The third-order valence-electron chi connectivity index (χ3n) is 2.32. The van der Waals surface area contributed by atoms with Crippen molar-refractivity contribution >= 4 is 17.5 Å². The molecular formula is C12H18N6O. The number of carbonyl (C=O) groups excluding carboxylic acids is 1. The van der Waals surface area contributed by atoms with E-state index in [1.54, 1.807) is 4.52 Å². The largest absolute Gasteiger partial charge is 0.361 e. The Bertz CT molecular complexity index is 598. The predicted molar refractivity (Wildman–Crippen MR) is 71.9 cm³/mol. The molecule has 0 radical (unpaired) electrons. The number of hydrogen-bond donors (Lipinski definition) is 2. The molecule has 7 heteroatoms. The molecule has 0 aliphatic carbocycles. The molecular weight excluding hydrogens is 244 g/mol. The number of amides is 1. The first-order valence-corrected chi connectivity index (χ1v) is 6.07. The first kappa shape index (κ1) is 13.3. The zero-order chi connectivity index (χ0) is 14.0. The molecule has 0 atom stereocenters. The molecule has 102 valence electrons. The molecule has 2 N–H and O–H groups in total. The molecule has 0 aromatic carbocycles. The summed E-state index contributed by atoms with van der Waals surface area (Å²) in [5, 5.41) is 9.99. The molecule has 2 heterocycles. The van der Waals surface area contributed by atoms with Crippen molar-refractivity contribution in [2.45, 2.75) is 33.2 Å². The summed E-state index contributed by atoms with van der Waals surface area (Å²) in [6.45, 7) is 7.87. The van der Waals surface area contributed by atoms with E-state index in [0.29, 0.717) is 11.6 Å².